The molecule has 1 unspecified atom stereocenters. The molecular weight excluding hydrogens is 413 g/mol. The number of rotatable bonds is 6. The van der Waals surface area contributed by atoms with Crippen LogP contribution >= 0.6 is 0 Å². The first-order valence-electron chi connectivity index (χ1n) is 11.9. The molecule has 0 saturated carbocycles. The van der Waals surface area contributed by atoms with Crippen LogP contribution in [0.1, 0.15) is 24.0 Å². The van der Waals surface area contributed by atoms with Crippen molar-refractivity contribution in [3.63, 3.8) is 0 Å². The maximum atomic E-state index is 14.0. The van der Waals surface area contributed by atoms with Crippen molar-refractivity contribution in [2.45, 2.75) is 31.9 Å². The Kier molecular flexibility index (Phi) is 6.23. The van der Waals surface area contributed by atoms with Gasteiger partial charge in [-0.3, -0.25) is 4.90 Å². The third-order valence-electron chi connectivity index (χ3n) is 6.90. The predicted molar refractivity (Wildman–Crippen MR) is 133 cm³/mol. The normalized spacial score (nSPS) is 17.8. The van der Waals surface area contributed by atoms with Crippen molar-refractivity contribution in [1.82, 2.24) is 4.90 Å². The van der Waals surface area contributed by atoms with E-state index in [9.17, 15) is 4.39 Å². The zero-order chi connectivity index (χ0) is 22.8. The van der Waals surface area contributed by atoms with Gasteiger partial charge in [-0.1, -0.05) is 24.3 Å². The SMILES string of the molecule is CN(C)c1ccc(CCN2CCCC2CN2c3ccc(F)cc3COc3ccccc32)cc1. The minimum absolute atomic E-state index is 0.217. The molecule has 3 aromatic rings. The topological polar surface area (TPSA) is 19.0 Å². The van der Waals surface area contributed by atoms with Crippen LogP contribution in [0.2, 0.25) is 0 Å². The van der Waals surface area contributed by atoms with E-state index in [1.54, 1.807) is 12.1 Å². The van der Waals surface area contributed by atoms with Gasteiger partial charge in [0.05, 0.1) is 5.69 Å². The summed E-state index contributed by atoms with van der Waals surface area (Å²) in [6.45, 7) is 3.44. The van der Waals surface area contributed by atoms with Gasteiger partial charge in [-0.2, -0.15) is 0 Å². The van der Waals surface area contributed by atoms with E-state index in [1.807, 2.05) is 24.3 Å². The Bertz CT molecular complexity index is 1100. The molecule has 1 fully saturated rings. The molecule has 0 radical (unpaired) electrons. The number of halogens is 1. The van der Waals surface area contributed by atoms with E-state index in [0.717, 1.165) is 48.7 Å². The maximum absolute atomic E-state index is 14.0. The van der Waals surface area contributed by atoms with Crippen LogP contribution < -0.4 is 14.5 Å². The Morgan fingerprint density at radius 1 is 1.00 bits per heavy atom. The summed E-state index contributed by atoms with van der Waals surface area (Å²) in [5, 5.41) is 0. The number of benzene rings is 3. The zero-order valence-electron chi connectivity index (χ0n) is 19.5. The van der Waals surface area contributed by atoms with E-state index >= 15 is 0 Å². The van der Waals surface area contributed by atoms with E-state index < -0.39 is 0 Å². The molecule has 2 aliphatic rings. The molecule has 0 spiro atoms. The highest BCUT2D eigenvalue weighted by Gasteiger charge is 2.30. The van der Waals surface area contributed by atoms with Crippen LogP contribution in [0.5, 0.6) is 5.75 Å². The fourth-order valence-electron chi connectivity index (χ4n) is 5.06. The number of hydrogen-bond acceptors (Lipinski definition) is 4. The summed E-state index contributed by atoms with van der Waals surface area (Å²) < 4.78 is 20.1. The van der Waals surface area contributed by atoms with E-state index in [-0.39, 0.29) is 5.82 Å². The zero-order valence-corrected chi connectivity index (χ0v) is 19.5. The lowest BCUT2D eigenvalue weighted by atomic mass is 10.1. The summed E-state index contributed by atoms with van der Waals surface area (Å²) in [7, 11) is 4.14. The second kappa shape index (κ2) is 9.44. The molecule has 0 amide bonds. The molecule has 2 heterocycles. The van der Waals surface area contributed by atoms with Gasteiger partial charge in [0.15, 0.2) is 0 Å². The number of para-hydroxylation sites is 2. The fourth-order valence-corrected chi connectivity index (χ4v) is 5.06. The lowest BCUT2D eigenvalue weighted by molar-refractivity contribution is 0.261. The second-order valence-electron chi connectivity index (χ2n) is 9.28. The lowest BCUT2D eigenvalue weighted by Gasteiger charge is -2.32. The van der Waals surface area contributed by atoms with Gasteiger partial charge in [-0.25, -0.2) is 4.39 Å². The standard InChI is InChI=1S/C28H32FN3O/c1-30(2)24-12-9-21(10-13-24)15-17-31-16-5-6-25(31)19-32-26-14-11-23(29)18-22(26)20-33-28-8-4-3-7-27(28)32/h3-4,7-14,18,25H,5-6,15-17,19-20H2,1-2H3. The monoisotopic (exact) mass is 445 g/mol. The molecule has 172 valence electrons. The van der Waals surface area contributed by atoms with Crippen molar-refractivity contribution in [2.75, 3.05) is 43.5 Å². The molecule has 5 rings (SSSR count). The summed E-state index contributed by atoms with van der Waals surface area (Å²) in [5.74, 6) is 0.644. The van der Waals surface area contributed by atoms with Crippen molar-refractivity contribution in [3.8, 4) is 5.75 Å². The Labute approximate surface area is 196 Å². The van der Waals surface area contributed by atoms with Crippen LogP contribution in [-0.4, -0.2) is 44.7 Å². The van der Waals surface area contributed by atoms with Crippen LogP contribution in [0.25, 0.3) is 0 Å². The van der Waals surface area contributed by atoms with E-state index in [1.165, 1.54) is 24.1 Å². The Balaban J connectivity index is 1.34. The van der Waals surface area contributed by atoms with Gasteiger partial charge < -0.3 is 14.5 Å². The number of ether oxygens (including phenoxy) is 1. The van der Waals surface area contributed by atoms with E-state index in [2.05, 4.69) is 59.1 Å². The third-order valence-corrected chi connectivity index (χ3v) is 6.90. The molecule has 3 aromatic carbocycles. The van der Waals surface area contributed by atoms with Gasteiger partial charge in [0.1, 0.15) is 18.2 Å². The van der Waals surface area contributed by atoms with Gasteiger partial charge in [-0.05, 0) is 73.8 Å². The highest BCUT2D eigenvalue weighted by atomic mass is 19.1. The summed E-state index contributed by atoms with van der Waals surface area (Å²) >= 11 is 0. The smallest absolute Gasteiger partial charge is 0.143 e. The van der Waals surface area contributed by atoms with Crippen molar-refractivity contribution in [3.05, 3.63) is 83.7 Å². The van der Waals surface area contributed by atoms with Crippen LogP contribution in [0, 0.1) is 5.82 Å². The van der Waals surface area contributed by atoms with Gasteiger partial charge in [0.2, 0.25) is 0 Å². The number of hydrogen-bond donors (Lipinski definition) is 0. The molecule has 4 nitrogen and oxygen atoms in total. The number of anilines is 3. The number of nitrogens with zero attached hydrogens (tertiary/aromatic N) is 3. The van der Waals surface area contributed by atoms with Gasteiger partial charge >= 0.3 is 0 Å². The molecule has 1 atom stereocenters. The van der Waals surface area contributed by atoms with Crippen LogP contribution in [0.3, 0.4) is 0 Å². The van der Waals surface area contributed by atoms with E-state index in [0.29, 0.717) is 12.6 Å². The first-order chi connectivity index (χ1) is 16.1. The molecule has 0 aromatic heterocycles. The quantitative estimate of drug-likeness (QED) is 0.489. The number of fused-ring (bicyclic) bond motifs is 2. The van der Waals surface area contributed by atoms with Crippen molar-refractivity contribution in [2.24, 2.45) is 0 Å². The van der Waals surface area contributed by atoms with Crippen molar-refractivity contribution in [1.29, 1.82) is 0 Å². The summed E-state index contributed by atoms with van der Waals surface area (Å²) in [6.07, 6.45) is 3.44. The first-order valence-corrected chi connectivity index (χ1v) is 11.9. The molecule has 1 saturated heterocycles. The minimum atomic E-state index is -0.217. The van der Waals surface area contributed by atoms with Crippen molar-refractivity contribution < 1.29 is 9.13 Å². The lowest BCUT2D eigenvalue weighted by Crippen LogP contribution is -2.39. The highest BCUT2D eigenvalue weighted by Crippen LogP contribution is 2.40. The summed E-state index contributed by atoms with van der Waals surface area (Å²) in [4.78, 5) is 7.09. The van der Waals surface area contributed by atoms with Crippen LogP contribution in [0.15, 0.2) is 66.7 Å². The van der Waals surface area contributed by atoms with E-state index in [4.69, 9.17) is 4.74 Å². The Morgan fingerprint density at radius 2 is 1.82 bits per heavy atom. The predicted octanol–water partition coefficient (Wildman–Crippen LogP) is 5.63. The molecular formula is C28H32FN3O. The van der Waals surface area contributed by atoms with Crippen LogP contribution in [0.4, 0.5) is 21.5 Å². The average Bonchev–Trinajstić information content (AvgIpc) is 3.21. The average molecular weight is 446 g/mol. The van der Waals surface area contributed by atoms with Gasteiger partial charge in [-0.15, -0.1) is 0 Å². The molecule has 0 aliphatic carbocycles. The summed E-state index contributed by atoms with van der Waals surface area (Å²) in [6, 6.07) is 22.6. The first kappa shape index (κ1) is 21.8. The molecule has 2 aliphatic heterocycles. The molecule has 0 N–H and O–H groups in total. The Hall–Kier alpha value is -3.05. The number of likely N-dealkylation sites (tertiary alicyclic amines) is 1. The fraction of sp³-hybridized carbons (Fsp3) is 0.357. The van der Waals surface area contributed by atoms with Crippen molar-refractivity contribution >= 4 is 17.1 Å². The second-order valence-corrected chi connectivity index (χ2v) is 9.28. The molecule has 5 heteroatoms. The van der Waals surface area contributed by atoms with Gasteiger partial charge in [0.25, 0.3) is 0 Å². The summed E-state index contributed by atoms with van der Waals surface area (Å²) in [5.41, 5.74) is 5.62. The third kappa shape index (κ3) is 4.69. The molecule has 0 bridgehead atoms. The Morgan fingerprint density at radius 3 is 2.64 bits per heavy atom. The minimum Gasteiger partial charge on any atom is -0.487 e. The van der Waals surface area contributed by atoms with Crippen LogP contribution in [-0.2, 0) is 13.0 Å². The highest BCUT2D eigenvalue weighted by molar-refractivity contribution is 5.73. The molecule has 33 heavy (non-hydrogen) atoms. The largest absolute Gasteiger partial charge is 0.487 e. The van der Waals surface area contributed by atoms with Gasteiger partial charge in [0, 0.05) is 50.2 Å². The maximum Gasteiger partial charge on any atom is 0.143 e.